The van der Waals surface area contributed by atoms with Gasteiger partial charge in [0.25, 0.3) is 5.91 Å². The van der Waals surface area contributed by atoms with Crippen molar-refractivity contribution in [3.63, 3.8) is 0 Å². The number of hydrogen-bond acceptors (Lipinski definition) is 4. The third-order valence-electron chi connectivity index (χ3n) is 3.59. The van der Waals surface area contributed by atoms with Crippen LogP contribution in [0.1, 0.15) is 17.4 Å². The van der Waals surface area contributed by atoms with Crippen LogP contribution in [0.4, 0.5) is 27.1 Å². The molecule has 136 valence electrons. The molecule has 0 fully saturated rings. The molecule has 1 heterocycles. The van der Waals surface area contributed by atoms with Crippen molar-refractivity contribution in [1.29, 1.82) is 0 Å². The van der Waals surface area contributed by atoms with Gasteiger partial charge in [-0.2, -0.15) is 0 Å². The molecule has 0 aliphatic heterocycles. The van der Waals surface area contributed by atoms with E-state index >= 15 is 0 Å². The Labute approximate surface area is 155 Å². The molecule has 1 aromatic heterocycles. The molecular weight excluding hydrogens is 347 g/mol. The van der Waals surface area contributed by atoms with E-state index in [1.54, 1.807) is 30.5 Å². The minimum Gasteiger partial charge on any atom is -0.354 e. The molecule has 0 unspecified atom stereocenters. The maximum absolute atomic E-state index is 12.9. The first-order valence-electron chi connectivity index (χ1n) is 8.17. The summed E-state index contributed by atoms with van der Waals surface area (Å²) in [6.07, 6.45) is 1.54. The second-order valence-corrected chi connectivity index (χ2v) is 5.78. The zero-order valence-electron chi connectivity index (χ0n) is 14.5. The summed E-state index contributed by atoms with van der Waals surface area (Å²) in [6.45, 7) is 1.45. The fourth-order valence-corrected chi connectivity index (χ4v) is 2.34. The van der Waals surface area contributed by atoms with Crippen LogP contribution in [0.3, 0.4) is 0 Å². The maximum Gasteiger partial charge on any atom is 0.274 e. The molecular formula is C20H17FN4O2. The van der Waals surface area contributed by atoms with Gasteiger partial charge in [-0.05, 0) is 60.7 Å². The Balaban J connectivity index is 1.61. The average molecular weight is 364 g/mol. The minimum absolute atomic E-state index is 0.130. The van der Waals surface area contributed by atoms with Crippen molar-refractivity contribution in [2.24, 2.45) is 0 Å². The van der Waals surface area contributed by atoms with Gasteiger partial charge in [0, 0.05) is 24.0 Å². The molecule has 0 aliphatic carbocycles. The van der Waals surface area contributed by atoms with Crippen molar-refractivity contribution in [2.75, 3.05) is 16.0 Å². The number of aromatic nitrogens is 1. The molecule has 0 aliphatic rings. The Morgan fingerprint density at radius 2 is 1.33 bits per heavy atom. The predicted molar refractivity (Wildman–Crippen MR) is 103 cm³/mol. The fourth-order valence-electron chi connectivity index (χ4n) is 2.34. The van der Waals surface area contributed by atoms with Crippen molar-refractivity contribution < 1.29 is 14.0 Å². The highest BCUT2D eigenvalue weighted by Crippen LogP contribution is 2.19. The Hall–Kier alpha value is -3.74. The molecule has 0 spiro atoms. The zero-order valence-corrected chi connectivity index (χ0v) is 14.5. The minimum atomic E-state index is -0.382. The van der Waals surface area contributed by atoms with Crippen molar-refractivity contribution in [2.45, 2.75) is 6.92 Å². The first-order chi connectivity index (χ1) is 13.0. The quantitative estimate of drug-likeness (QED) is 0.634. The van der Waals surface area contributed by atoms with Gasteiger partial charge in [-0.25, -0.2) is 9.37 Å². The lowest BCUT2D eigenvalue weighted by molar-refractivity contribution is -0.114. The molecule has 0 radical (unpaired) electrons. The highest BCUT2D eigenvalue weighted by Gasteiger charge is 2.08. The summed E-state index contributed by atoms with van der Waals surface area (Å²) in [5.41, 5.74) is 2.96. The van der Waals surface area contributed by atoms with Crippen LogP contribution in [-0.4, -0.2) is 16.8 Å². The van der Waals surface area contributed by atoms with Gasteiger partial charge in [0.1, 0.15) is 11.5 Å². The van der Waals surface area contributed by atoms with E-state index in [1.807, 2.05) is 12.1 Å². The highest BCUT2D eigenvalue weighted by molar-refractivity contribution is 6.02. The zero-order chi connectivity index (χ0) is 19.2. The summed E-state index contributed by atoms with van der Waals surface area (Å²) in [5.74, 6) is -0.881. The van der Waals surface area contributed by atoms with Gasteiger partial charge >= 0.3 is 0 Å². The monoisotopic (exact) mass is 364 g/mol. The van der Waals surface area contributed by atoms with E-state index in [4.69, 9.17) is 0 Å². The van der Waals surface area contributed by atoms with Crippen LogP contribution in [0.2, 0.25) is 0 Å². The summed E-state index contributed by atoms with van der Waals surface area (Å²) in [7, 11) is 0. The SMILES string of the molecule is CC(=O)Nc1ccc(Nc2ccc(C(=O)Nc3ccc(F)cc3)nc2)cc1. The van der Waals surface area contributed by atoms with E-state index in [1.165, 1.54) is 31.2 Å². The van der Waals surface area contributed by atoms with Crippen molar-refractivity contribution in [3.05, 3.63) is 78.4 Å². The smallest absolute Gasteiger partial charge is 0.274 e. The number of nitrogens with zero attached hydrogens (tertiary/aromatic N) is 1. The number of rotatable bonds is 5. The number of halogens is 1. The molecule has 3 aromatic rings. The Morgan fingerprint density at radius 1 is 0.778 bits per heavy atom. The van der Waals surface area contributed by atoms with E-state index in [-0.39, 0.29) is 23.3 Å². The number of anilines is 4. The van der Waals surface area contributed by atoms with Crippen LogP contribution >= 0.6 is 0 Å². The van der Waals surface area contributed by atoms with Crippen molar-refractivity contribution in [3.8, 4) is 0 Å². The molecule has 2 amide bonds. The summed E-state index contributed by atoms with van der Waals surface area (Å²) in [4.78, 5) is 27.3. The molecule has 3 N–H and O–H groups in total. The van der Waals surface area contributed by atoms with Crippen LogP contribution in [0.25, 0.3) is 0 Å². The predicted octanol–water partition coefficient (Wildman–Crippen LogP) is 4.18. The van der Waals surface area contributed by atoms with Gasteiger partial charge in [-0.15, -0.1) is 0 Å². The van der Waals surface area contributed by atoms with Crippen LogP contribution in [-0.2, 0) is 4.79 Å². The second kappa shape index (κ2) is 8.09. The number of hydrogen-bond donors (Lipinski definition) is 3. The van der Waals surface area contributed by atoms with Crippen LogP contribution in [0, 0.1) is 5.82 Å². The normalized spacial score (nSPS) is 10.1. The van der Waals surface area contributed by atoms with E-state index in [9.17, 15) is 14.0 Å². The number of benzene rings is 2. The van der Waals surface area contributed by atoms with Crippen LogP contribution < -0.4 is 16.0 Å². The standard InChI is InChI=1S/C20H17FN4O2/c1-13(26)23-15-6-8-16(9-7-15)24-18-10-11-19(22-12-18)20(27)25-17-4-2-14(21)3-5-17/h2-12,24H,1H3,(H,23,26)(H,25,27). The van der Waals surface area contributed by atoms with E-state index < -0.39 is 0 Å². The fraction of sp³-hybridized carbons (Fsp3) is 0.0500. The second-order valence-electron chi connectivity index (χ2n) is 5.78. The topological polar surface area (TPSA) is 83.1 Å². The van der Waals surface area contributed by atoms with Gasteiger partial charge < -0.3 is 16.0 Å². The lowest BCUT2D eigenvalue weighted by Gasteiger charge is -2.09. The van der Waals surface area contributed by atoms with E-state index in [0.29, 0.717) is 17.1 Å². The van der Waals surface area contributed by atoms with Gasteiger partial charge in [-0.1, -0.05) is 0 Å². The van der Waals surface area contributed by atoms with Crippen LogP contribution in [0.15, 0.2) is 66.9 Å². The average Bonchev–Trinajstić information content (AvgIpc) is 2.65. The van der Waals surface area contributed by atoms with Gasteiger partial charge in [0.2, 0.25) is 5.91 Å². The molecule has 6 nitrogen and oxygen atoms in total. The molecule has 0 saturated heterocycles. The van der Waals surface area contributed by atoms with Gasteiger partial charge in [-0.3, -0.25) is 9.59 Å². The molecule has 0 bridgehead atoms. The Bertz CT molecular complexity index is 939. The molecule has 7 heteroatoms. The lowest BCUT2D eigenvalue weighted by atomic mass is 10.2. The molecule has 2 aromatic carbocycles. The number of carbonyl (C=O) groups is 2. The highest BCUT2D eigenvalue weighted by atomic mass is 19.1. The molecule has 0 atom stereocenters. The summed E-state index contributed by atoms with van der Waals surface area (Å²) >= 11 is 0. The summed E-state index contributed by atoms with van der Waals surface area (Å²) < 4.78 is 12.9. The Morgan fingerprint density at radius 3 is 1.93 bits per heavy atom. The largest absolute Gasteiger partial charge is 0.354 e. The first-order valence-corrected chi connectivity index (χ1v) is 8.17. The maximum atomic E-state index is 12.9. The van der Waals surface area contributed by atoms with E-state index in [0.717, 1.165) is 5.69 Å². The van der Waals surface area contributed by atoms with Crippen molar-refractivity contribution in [1.82, 2.24) is 4.98 Å². The number of amides is 2. The van der Waals surface area contributed by atoms with Gasteiger partial charge in [0.05, 0.1) is 11.9 Å². The van der Waals surface area contributed by atoms with E-state index in [2.05, 4.69) is 20.9 Å². The summed E-state index contributed by atoms with van der Waals surface area (Å²) in [6, 6.07) is 16.0. The molecule has 3 rings (SSSR count). The van der Waals surface area contributed by atoms with Crippen molar-refractivity contribution >= 4 is 34.6 Å². The summed E-state index contributed by atoms with van der Waals surface area (Å²) in [5, 5.41) is 8.51. The number of pyridine rings is 1. The molecule has 27 heavy (non-hydrogen) atoms. The third-order valence-corrected chi connectivity index (χ3v) is 3.59. The lowest BCUT2D eigenvalue weighted by Crippen LogP contribution is -2.13. The number of carbonyl (C=O) groups excluding carboxylic acids is 2. The number of nitrogens with one attached hydrogen (secondary N) is 3. The Kier molecular flexibility index (Phi) is 5.41. The van der Waals surface area contributed by atoms with Crippen LogP contribution in [0.5, 0.6) is 0 Å². The third kappa shape index (κ3) is 5.12. The van der Waals surface area contributed by atoms with Gasteiger partial charge in [0.15, 0.2) is 0 Å². The molecule has 0 saturated carbocycles. The first kappa shape index (κ1) is 18.1.